The molecule has 0 saturated carbocycles. The summed E-state index contributed by atoms with van der Waals surface area (Å²) in [5.41, 5.74) is 0.588. The van der Waals surface area contributed by atoms with Crippen LogP contribution < -0.4 is 9.64 Å². The molecule has 2 aliphatic heterocycles. The Morgan fingerprint density at radius 1 is 0.981 bits per heavy atom. The number of carbonyl (C=O) groups excluding carboxylic acids is 1. The van der Waals surface area contributed by atoms with Gasteiger partial charge in [-0.05, 0) is 111 Å². The third-order valence-corrected chi connectivity index (χ3v) is 10.8. The Morgan fingerprint density at radius 2 is 1.63 bits per heavy atom. The summed E-state index contributed by atoms with van der Waals surface area (Å²) in [6.45, 7) is 6.94. The van der Waals surface area contributed by atoms with E-state index in [1.807, 2.05) is 36.4 Å². The van der Waals surface area contributed by atoms with Gasteiger partial charge < -0.3 is 19.6 Å². The van der Waals surface area contributed by atoms with Crippen molar-refractivity contribution in [1.82, 2.24) is 9.80 Å². The zero-order valence-corrected chi connectivity index (χ0v) is 30.4. The summed E-state index contributed by atoms with van der Waals surface area (Å²) in [5, 5.41) is 12.1. The number of hydrogen-bond acceptors (Lipinski definition) is 5. The van der Waals surface area contributed by atoms with Crippen molar-refractivity contribution in [3.63, 3.8) is 0 Å². The van der Waals surface area contributed by atoms with Gasteiger partial charge in [-0.25, -0.2) is 22.4 Å². The molecule has 7 nitrogen and oxygen atoms in total. The van der Waals surface area contributed by atoms with E-state index < -0.39 is 60.1 Å². The molecule has 0 aliphatic carbocycles. The Bertz CT molecular complexity index is 1810. The van der Waals surface area contributed by atoms with Gasteiger partial charge in [0, 0.05) is 37.8 Å². The quantitative estimate of drug-likeness (QED) is 0.141. The van der Waals surface area contributed by atoms with E-state index in [1.165, 1.54) is 31.4 Å². The molecule has 2 heterocycles. The molecule has 2 aliphatic rings. The highest BCUT2D eigenvalue weighted by molar-refractivity contribution is 6.00. The number of aliphatic carboxylic acids is 1. The van der Waals surface area contributed by atoms with Crippen LogP contribution in [-0.2, 0) is 16.0 Å². The fourth-order valence-corrected chi connectivity index (χ4v) is 7.88. The summed E-state index contributed by atoms with van der Waals surface area (Å²) in [4.78, 5) is 31.8. The summed E-state index contributed by atoms with van der Waals surface area (Å²) < 4.78 is 66.8. The number of methoxy groups -OCH3 is 1. The molecule has 0 spiro atoms. The fraction of sp³-hybridized carbons (Fsp3) is 0.463. The monoisotopic (exact) mass is 723 g/mol. The molecule has 52 heavy (non-hydrogen) atoms. The summed E-state index contributed by atoms with van der Waals surface area (Å²) in [5.74, 6) is -8.59. The Balaban J connectivity index is 1.47. The first-order valence-electron chi connectivity index (χ1n) is 17.9. The minimum atomic E-state index is -3.71. The predicted molar refractivity (Wildman–Crippen MR) is 198 cm³/mol. The third kappa shape index (κ3) is 7.70. The van der Waals surface area contributed by atoms with Gasteiger partial charge in [-0.2, -0.15) is 0 Å². The Morgan fingerprint density at radius 3 is 2.25 bits per heavy atom. The molecule has 5 rings (SSSR count). The second-order valence-corrected chi connectivity index (χ2v) is 14.2. The van der Waals surface area contributed by atoms with Crippen molar-refractivity contribution in [2.75, 3.05) is 51.8 Å². The van der Waals surface area contributed by atoms with Gasteiger partial charge in [-0.3, -0.25) is 9.69 Å². The van der Waals surface area contributed by atoms with Crippen LogP contribution in [0.25, 0.3) is 21.9 Å². The molecule has 280 valence electrons. The van der Waals surface area contributed by atoms with Gasteiger partial charge >= 0.3 is 5.97 Å². The van der Waals surface area contributed by atoms with Crippen molar-refractivity contribution in [2.24, 2.45) is 5.41 Å². The van der Waals surface area contributed by atoms with Gasteiger partial charge in [0.25, 0.3) is 11.8 Å². The van der Waals surface area contributed by atoms with Gasteiger partial charge in [0.05, 0.1) is 13.7 Å². The molecular weight excluding hydrogens is 674 g/mol. The van der Waals surface area contributed by atoms with E-state index in [0.29, 0.717) is 11.3 Å². The second kappa shape index (κ2) is 15.7. The number of carboxylic acid groups (broad SMARTS) is 1. The summed E-state index contributed by atoms with van der Waals surface area (Å²) >= 11 is 0. The molecular formula is C41H49F4N3O4. The molecule has 1 atom stereocenters. The second-order valence-electron chi connectivity index (χ2n) is 14.2. The van der Waals surface area contributed by atoms with E-state index in [2.05, 4.69) is 23.6 Å². The number of rotatable bonds is 13. The maximum atomic E-state index is 16.1. The van der Waals surface area contributed by atoms with Crippen molar-refractivity contribution < 1.29 is 37.0 Å². The molecule has 2 saturated heterocycles. The molecule has 11 heteroatoms. The molecule has 0 radical (unpaired) electrons. The number of likely N-dealkylation sites (N-methyl/N-ethyl adjacent to an activating group) is 1. The van der Waals surface area contributed by atoms with E-state index >= 15 is 8.78 Å². The van der Waals surface area contributed by atoms with Gasteiger partial charge in [0.1, 0.15) is 17.2 Å². The average molecular weight is 724 g/mol. The van der Waals surface area contributed by atoms with E-state index in [-0.39, 0.29) is 19.5 Å². The van der Waals surface area contributed by atoms with Crippen LogP contribution in [0.15, 0.2) is 78.9 Å². The molecule has 3 aromatic carbocycles. The highest BCUT2D eigenvalue weighted by atomic mass is 19.3. The number of likely N-dealkylation sites (tertiary alicyclic amines) is 1. The number of anilines is 1. The summed E-state index contributed by atoms with van der Waals surface area (Å²) in [6, 6.07) is 15.9. The van der Waals surface area contributed by atoms with Gasteiger partial charge in [-0.1, -0.05) is 49.1 Å². The number of carboxylic acids is 1. The van der Waals surface area contributed by atoms with Crippen LogP contribution >= 0.6 is 0 Å². The van der Waals surface area contributed by atoms with E-state index in [1.54, 1.807) is 13.2 Å². The molecule has 1 N–H and O–H groups in total. The van der Waals surface area contributed by atoms with Crippen LogP contribution in [0.3, 0.4) is 0 Å². The van der Waals surface area contributed by atoms with E-state index in [4.69, 9.17) is 4.74 Å². The lowest BCUT2D eigenvalue weighted by Crippen LogP contribution is -2.61. The maximum absolute atomic E-state index is 16.1. The third-order valence-electron chi connectivity index (χ3n) is 10.8. The van der Waals surface area contributed by atoms with Crippen LogP contribution in [-0.4, -0.2) is 91.6 Å². The zero-order chi connectivity index (χ0) is 37.8. The number of ether oxygens (including phenoxy) is 1. The number of carbonyl (C=O) groups is 2. The number of allylic oxidation sites excluding steroid dienone is 2. The van der Waals surface area contributed by atoms with Gasteiger partial charge in [0.15, 0.2) is 0 Å². The van der Waals surface area contributed by atoms with Crippen LogP contribution in [0.5, 0.6) is 5.75 Å². The van der Waals surface area contributed by atoms with Gasteiger partial charge in [0.2, 0.25) is 5.91 Å². The fourth-order valence-electron chi connectivity index (χ4n) is 7.88. The first-order valence-corrected chi connectivity index (χ1v) is 17.9. The predicted octanol–water partition coefficient (Wildman–Crippen LogP) is 8.46. The topological polar surface area (TPSA) is 73.3 Å². The van der Waals surface area contributed by atoms with E-state index in [9.17, 15) is 23.5 Å². The first kappa shape index (κ1) is 38.8. The number of amides is 1. The molecule has 0 aromatic heterocycles. The summed E-state index contributed by atoms with van der Waals surface area (Å²) in [6.07, 6.45) is 4.41. The average Bonchev–Trinajstić information content (AvgIpc) is 3.13. The lowest BCUT2D eigenvalue weighted by molar-refractivity contribution is -0.177. The van der Waals surface area contributed by atoms with Crippen molar-refractivity contribution in [2.45, 2.75) is 70.3 Å². The van der Waals surface area contributed by atoms with Crippen molar-refractivity contribution >= 4 is 28.3 Å². The normalized spacial score (nSPS) is 17.7. The molecule has 2 fully saturated rings. The number of hydrogen-bond donors (Lipinski definition) is 1. The number of piperidine rings is 2. The molecule has 3 aromatic rings. The van der Waals surface area contributed by atoms with Crippen LogP contribution in [0.2, 0.25) is 0 Å². The first-order chi connectivity index (χ1) is 24.7. The largest absolute Gasteiger partial charge is 0.496 e. The smallest absolute Gasteiger partial charge is 0.326 e. The number of nitrogens with zero attached hydrogens (tertiary/aromatic N) is 3. The van der Waals surface area contributed by atoms with Crippen molar-refractivity contribution in [3.05, 3.63) is 84.5 Å². The SMILES string of the molecule is C=C(C)C(F)(F)C1(C(=O)N(C)[C@@H](Cc2cccc3c(-c4cc(N5CCCCC5)ccc4OC)cccc23)C(=O)O)CCN(CC(F)(F)/C=C/C)CC1. The highest BCUT2D eigenvalue weighted by Gasteiger charge is 2.61. The van der Waals surface area contributed by atoms with Crippen molar-refractivity contribution in [1.29, 1.82) is 0 Å². The lowest BCUT2D eigenvalue weighted by atomic mass is 9.69. The number of fused-ring (bicyclic) bond motifs is 1. The minimum Gasteiger partial charge on any atom is -0.496 e. The Kier molecular flexibility index (Phi) is 11.7. The number of halogens is 4. The van der Waals surface area contributed by atoms with E-state index in [0.717, 1.165) is 71.4 Å². The van der Waals surface area contributed by atoms with Crippen LogP contribution in [0.1, 0.15) is 51.5 Å². The lowest BCUT2D eigenvalue weighted by Gasteiger charge is -2.47. The molecule has 1 amide bonds. The standard InChI is InChI=1S/C41H49F4N3O4/c1-6-18-40(42,43)27-47-23-19-39(20-24-47,41(44,45)28(2)3)38(51)46(4)35(37(49)50)25-29-12-10-14-32-31(29)13-11-15-33(32)34-26-30(16-17-36(34)52-5)48-21-8-7-9-22-48/h6,10-18,26,35H,2,7-9,19-25,27H2,1,3-5H3,(H,49,50)/b18-6+/t35-/m0/s1. The number of benzene rings is 3. The van der Waals surface area contributed by atoms with Crippen LogP contribution in [0, 0.1) is 5.41 Å². The Labute approximate surface area is 303 Å². The highest BCUT2D eigenvalue weighted by Crippen LogP contribution is 2.50. The van der Waals surface area contributed by atoms with Crippen LogP contribution in [0.4, 0.5) is 23.2 Å². The Hall–Kier alpha value is -4.38. The minimum absolute atomic E-state index is 0.153. The number of alkyl halides is 4. The zero-order valence-electron chi connectivity index (χ0n) is 30.4. The molecule has 0 unspecified atom stereocenters. The maximum Gasteiger partial charge on any atom is 0.326 e. The molecule has 0 bridgehead atoms. The van der Waals surface area contributed by atoms with Crippen molar-refractivity contribution in [3.8, 4) is 16.9 Å². The summed E-state index contributed by atoms with van der Waals surface area (Å²) in [7, 11) is 2.85. The van der Waals surface area contributed by atoms with Gasteiger partial charge in [-0.15, -0.1) is 0 Å².